The summed E-state index contributed by atoms with van der Waals surface area (Å²) in [6, 6.07) is 0. The molecule has 1 saturated heterocycles. The number of rotatable bonds is 5. The number of carboxylic acids is 1. The lowest BCUT2D eigenvalue weighted by molar-refractivity contribution is -0.153. The van der Waals surface area contributed by atoms with Gasteiger partial charge in [0, 0.05) is 19.5 Å². The van der Waals surface area contributed by atoms with Gasteiger partial charge in [-0.15, -0.1) is 0 Å². The van der Waals surface area contributed by atoms with E-state index in [2.05, 4.69) is 20.8 Å². The SMILES string of the molecule is CCC(CC(=O)N1CCCC(C)(C(=O)O)C1)C(C)C. The second kappa shape index (κ2) is 6.40. The van der Waals surface area contributed by atoms with Crippen LogP contribution in [-0.2, 0) is 9.59 Å². The molecule has 2 unspecified atom stereocenters. The molecule has 1 aliphatic heterocycles. The average Bonchev–Trinajstić information content (AvgIpc) is 2.35. The van der Waals surface area contributed by atoms with Crippen molar-refractivity contribution in [3.05, 3.63) is 0 Å². The van der Waals surface area contributed by atoms with Crippen molar-refractivity contribution in [1.82, 2.24) is 4.90 Å². The minimum atomic E-state index is -0.791. The number of likely N-dealkylation sites (tertiary alicyclic amines) is 1. The summed E-state index contributed by atoms with van der Waals surface area (Å²) in [6.45, 7) is 9.19. The molecule has 0 aliphatic carbocycles. The maximum Gasteiger partial charge on any atom is 0.311 e. The summed E-state index contributed by atoms with van der Waals surface area (Å²) in [6.07, 6.45) is 2.98. The zero-order valence-corrected chi connectivity index (χ0v) is 12.6. The van der Waals surface area contributed by atoms with Gasteiger partial charge in [-0.2, -0.15) is 0 Å². The standard InChI is InChI=1S/C15H27NO3/c1-5-12(11(2)3)9-13(17)16-8-6-7-15(4,10-16)14(18)19/h11-12H,5-10H2,1-4H3,(H,18,19). The van der Waals surface area contributed by atoms with Gasteiger partial charge in [-0.3, -0.25) is 9.59 Å². The van der Waals surface area contributed by atoms with E-state index in [1.54, 1.807) is 11.8 Å². The van der Waals surface area contributed by atoms with Gasteiger partial charge in [-0.05, 0) is 31.6 Å². The van der Waals surface area contributed by atoms with Gasteiger partial charge >= 0.3 is 5.97 Å². The summed E-state index contributed by atoms with van der Waals surface area (Å²) in [5.74, 6) is 0.212. The van der Waals surface area contributed by atoms with E-state index in [0.29, 0.717) is 37.8 Å². The van der Waals surface area contributed by atoms with Gasteiger partial charge in [0.05, 0.1) is 5.41 Å². The average molecular weight is 269 g/mol. The van der Waals surface area contributed by atoms with E-state index < -0.39 is 11.4 Å². The van der Waals surface area contributed by atoms with Crippen LogP contribution in [0.3, 0.4) is 0 Å². The normalized spacial score (nSPS) is 25.4. The van der Waals surface area contributed by atoms with Gasteiger partial charge in [0.15, 0.2) is 0 Å². The lowest BCUT2D eigenvalue weighted by Crippen LogP contribution is -2.48. The van der Waals surface area contributed by atoms with Crippen molar-refractivity contribution in [2.45, 2.75) is 53.4 Å². The van der Waals surface area contributed by atoms with Crippen LogP contribution in [-0.4, -0.2) is 35.0 Å². The third-order valence-corrected chi connectivity index (χ3v) is 4.47. The van der Waals surface area contributed by atoms with E-state index in [1.165, 1.54) is 0 Å². The smallest absolute Gasteiger partial charge is 0.311 e. The van der Waals surface area contributed by atoms with Crippen LogP contribution in [0.15, 0.2) is 0 Å². The Bertz CT molecular complexity index is 340. The van der Waals surface area contributed by atoms with Crippen molar-refractivity contribution in [2.75, 3.05) is 13.1 Å². The number of carbonyl (C=O) groups is 2. The molecule has 0 bridgehead atoms. The number of carboxylic acid groups (broad SMARTS) is 1. The van der Waals surface area contributed by atoms with Crippen molar-refractivity contribution in [3.8, 4) is 0 Å². The first-order valence-corrected chi connectivity index (χ1v) is 7.31. The predicted molar refractivity (Wildman–Crippen MR) is 74.8 cm³/mol. The molecule has 4 nitrogen and oxygen atoms in total. The molecule has 1 heterocycles. The van der Waals surface area contributed by atoms with Crippen molar-refractivity contribution in [3.63, 3.8) is 0 Å². The first-order valence-electron chi connectivity index (χ1n) is 7.31. The van der Waals surface area contributed by atoms with E-state index in [9.17, 15) is 14.7 Å². The van der Waals surface area contributed by atoms with Crippen LogP contribution in [0.2, 0.25) is 0 Å². The largest absolute Gasteiger partial charge is 0.481 e. The highest BCUT2D eigenvalue weighted by atomic mass is 16.4. The van der Waals surface area contributed by atoms with Crippen LogP contribution in [0.4, 0.5) is 0 Å². The molecule has 1 fully saturated rings. The van der Waals surface area contributed by atoms with Crippen LogP contribution < -0.4 is 0 Å². The number of piperidine rings is 1. The quantitative estimate of drug-likeness (QED) is 0.835. The summed E-state index contributed by atoms with van der Waals surface area (Å²) in [5, 5.41) is 9.28. The third kappa shape index (κ3) is 3.95. The molecule has 1 aliphatic rings. The monoisotopic (exact) mass is 269 g/mol. The van der Waals surface area contributed by atoms with Crippen LogP contribution in [0.5, 0.6) is 0 Å². The predicted octanol–water partition coefficient (Wildman–Crippen LogP) is 2.77. The molecule has 1 N–H and O–H groups in total. The first kappa shape index (κ1) is 16.0. The number of amides is 1. The Balaban J connectivity index is 2.65. The highest BCUT2D eigenvalue weighted by molar-refractivity contribution is 5.79. The molecular formula is C15H27NO3. The zero-order chi connectivity index (χ0) is 14.6. The molecule has 4 heteroatoms. The molecule has 0 aromatic rings. The number of hydrogen-bond acceptors (Lipinski definition) is 2. The van der Waals surface area contributed by atoms with E-state index >= 15 is 0 Å². The minimum absolute atomic E-state index is 0.118. The Kier molecular flexibility index (Phi) is 5.39. The Morgan fingerprint density at radius 2 is 2.00 bits per heavy atom. The lowest BCUT2D eigenvalue weighted by atomic mass is 9.81. The van der Waals surface area contributed by atoms with E-state index in [4.69, 9.17) is 0 Å². The van der Waals surface area contributed by atoms with E-state index in [1.807, 2.05) is 0 Å². The van der Waals surface area contributed by atoms with E-state index in [-0.39, 0.29) is 5.91 Å². The fourth-order valence-electron chi connectivity index (χ4n) is 2.83. The Labute approximate surface area is 116 Å². The number of hydrogen-bond donors (Lipinski definition) is 1. The van der Waals surface area contributed by atoms with Crippen molar-refractivity contribution >= 4 is 11.9 Å². The maximum atomic E-state index is 12.3. The van der Waals surface area contributed by atoms with Gasteiger partial charge in [0.2, 0.25) is 5.91 Å². The maximum absolute atomic E-state index is 12.3. The second-order valence-electron chi connectivity index (χ2n) is 6.40. The molecule has 0 radical (unpaired) electrons. The van der Waals surface area contributed by atoms with Gasteiger partial charge in [0.1, 0.15) is 0 Å². The molecule has 0 aromatic carbocycles. The minimum Gasteiger partial charge on any atom is -0.481 e. The molecule has 1 amide bonds. The van der Waals surface area contributed by atoms with Crippen molar-refractivity contribution in [2.24, 2.45) is 17.3 Å². The number of aliphatic carboxylic acids is 1. The van der Waals surface area contributed by atoms with Gasteiger partial charge in [-0.1, -0.05) is 27.2 Å². The second-order valence-corrected chi connectivity index (χ2v) is 6.40. The van der Waals surface area contributed by atoms with Gasteiger partial charge in [-0.25, -0.2) is 0 Å². The van der Waals surface area contributed by atoms with Crippen LogP contribution in [0, 0.1) is 17.3 Å². The Morgan fingerprint density at radius 1 is 1.37 bits per heavy atom. The summed E-state index contributed by atoms with van der Waals surface area (Å²) in [5.41, 5.74) is -0.770. The molecule has 0 spiro atoms. The highest BCUT2D eigenvalue weighted by Gasteiger charge is 2.39. The first-order chi connectivity index (χ1) is 8.80. The Morgan fingerprint density at radius 3 is 2.47 bits per heavy atom. The third-order valence-electron chi connectivity index (χ3n) is 4.47. The number of nitrogens with zero attached hydrogens (tertiary/aromatic N) is 1. The number of carbonyl (C=O) groups excluding carboxylic acids is 1. The van der Waals surface area contributed by atoms with Gasteiger partial charge < -0.3 is 10.0 Å². The summed E-state index contributed by atoms with van der Waals surface area (Å²) in [7, 11) is 0. The van der Waals surface area contributed by atoms with E-state index in [0.717, 1.165) is 12.8 Å². The lowest BCUT2D eigenvalue weighted by Gasteiger charge is -2.38. The molecule has 0 saturated carbocycles. The summed E-state index contributed by atoms with van der Waals surface area (Å²) < 4.78 is 0. The molecule has 1 rings (SSSR count). The Hall–Kier alpha value is -1.06. The molecule has 2 atom stereocenters. The molecular weight excluding hydrogens is 242 g/mol. The highest BCUT2D eigenvalue weighted by Crippen LogP contribution is 2.31. The van der Waals surface area contributed by atoms with Crippen LogP contribution in [0.25, 0.3) is 0 Å². The summed E-state index contributed by atoms with van der Waals surface area (Å²) in [4.78, 5) is 25.4. The van der Waals surface area contributed by atoms with Crippen molar-refractivity contribution < 1.29 is 14.7 Å². The van der Waals surface area contributed by atoms with Gasteiger partial charge in [0.25, 0.3) is 0 Å². The molecule has 0 aromatic heterocycles. The molecule has 110 valence electrons. The fourth-order valence-corrected chi connectivity index (χ4v) is 2.83. The topological polar surface area (TPSA) is 57.6 Å². The van der Waals surface area contributed by atoms with Crippen LogP contribution in [0.1, 0.15) is 53.4 Å². The van der Waals surface area contributed by atoms with Crippen LogP contribution >= 0.6 is 0 Å². The zero-order valence-electron chi connectivity index (χ0n) is 12.6. The van der Waals surface area contributed by atoms with Crippen molar-refractivity contribution in [1.29, 1.82) is 0 Å². The fraction of sp³-hybridized carbons (Fsp3) is 0.867. The summed E-state index contributed by atoms with van der Waals surface area (Å²) >= 11 is 0. The molecule has 19 heavy (non-hydrogen) atoms.